The minimum absolute atomic E-state index is 0.312. The summed E-state index contributed by atoms with van der Waals surface area (Å²) >= 11 is 3.46. The predicted molar refractivity (Wildman–Crippen MR) is 144 cm³/mol. The van der Waals surface area contributed by atoms with Crippen LogP contribution in [0.2, 0.25) is 0 Å². The molecule has 2 saturated heterocycles. The molecule has 2 aliphatic rings. The Kier molecular flexibility index (Phi) is 11.4. The first kappa shape index (κ1) is 28.0. The largest absolute Gasteiger partial charge is 0.444 e. The first-order valence-electron chi connectivity index (χ1n) is 12.7. The predicted octanol–water partition coefficient (Wildman–Crippen LogP) is 4.19. The molecular weight excluding hydrogens is 480 g/mol. The molecule has 0 saturated carbocycles. The summed E-state index contributed by atoms with van der Waals surface area (Å²) in [5.41, 5.74) is 5.23. The number of amides is 1. The molecule has 8 nitrogen and oxygen atoms in total. The standard InChI is InChI=1S/C15H25N3O2S.C10H17N3S/c1-15(2,3)20-14(19)17-10-12-4-7-18(8-5-12)11-13-16-6-9-21-13;11-7-9-1-4-13(5-2-9)8-10-12-3-6-14-10/h6,9,12H,4-5,7-8,10-11H2,1-3H3,(H,17,19);3,6,9H,1-2,4-5,7-8,11H2. The summed E-state index contributed by atoms with van der Waals surface area (Å²) in [5.74, 6) is 1.30. The average molecular weight is 523 g/mol. The van der Waals surface area contributed by atoms with Crippen molar-refractivity contribution in [3.05, 3.63) is 33.2 Å². The summed E-state index contributed by atoms with van der Waals surface area (Å²) in [4.78, 5) is 25.2. The van der Waals surface area contributed by atoms with Crippen molar-refractivity contribution in [2.75, 3.05) is 39.3 Å². The van der Waals surface area contributed by atoms with E-state index < -0.39 is 5.60 Å². The maximum Gasteiger partial charge on any atom is 0.407 e. The van der Waals surface area contributed by atoms with Crippen LogP contribution < -0.4 is 11.1 Å². The Bertz CT molecular complexity index is 825. The SMILES string of the molecule is CC(C)(C)OC(=O)NCC1CCN(Cc2nccs2)CC1.NCC1CCN(Cc2nccs2)CC1. The van der Waals surface area contributed by atoms with Crippen molar-refractivity contribution in [2.45, 2.75) is 65.1 Å². The third-order valence-corrected chi connectivity index (χ3v) is 7.90. The highest BCUT2D eigenvalue weighted by Crippen LogP contribution is 2.20. The van der Waals surface area contributed by atoms with Crippen molar-refractivity contribution in [1.82, 2.24) is 25.1 Å². The van der Waals surface area contributed by atoms with Crippen LogP contribution in [0.4, 0.5) is 4.79 Å². The zero-order valence-electron chi connectivity index (χ0n) is 21.4. The van der Waals surface area contributed by atoms with E-state index in [1.54, 1.807) is 22.7 Å². The van der Waals surface area contributed by atoms with E-state index >= 15 is 0 Å². The number of rotatable bonds is 7. The molecule has 0 unspecified atom stereocenters. The van der Waals surface area contributed by atoms with Crippen LogP contribution in [0.5, 0.6) is 0 Å². The van der Waals surface area contributed by atoms with Crippen molar-refractivity contribution < 1.29 is 9.53 Å². The Morgan fingerprint density at radius 3 is 1.86 bits per heavy atom. The third kappa shape index (κ3) is 10.9. The molecule has 2 fully saturated rings. The van der Waals surface area contributed by atoms with E-state index in [0.29, 0.717) is 12.5 Å². The van der Waals surface area contributed by atoms with Crippen molar-refractivity contribution in [2.24, 2.45) is 17.6 Å². The molecule has 0 atom stereocenters. The van der Waals surface area contributed by atoms with Gasteiger partial charge in [-0.3, -0.25) is 9.80 Å². The monoisotopic (exact) mass is 522 g/mol. The first-order chi connectivity index (χ1) is 16.8. The fraction of sp³-hybridized carbons (Fsp3) is 0.720. The number of hydrogen-bond donors (Lipinski definition) is 2. The Morgan fingerprint density at radius 1 is 0.971 bits per heavy atom. The van der Waals surface area contributed by atoms with Crippen LogP contribution in [0, 0.1) is 11.8 Å². The van der Waals surface area contributed by atoms with Crippen LogP contribution in [0.1, 0.15) is 56.5 Å². The number of nitrogens with two attached hydrogens (primary N) is 1. The molecular formula is C25H42N6O2S2. The molecule has 1 amide bonds. The minimum atomic E-state index is -0.429. The van der Waals surface area contributed by atoms with Gasteiger partial charge in [0.15, 0.2) is 0 Å². The Labute approximate surface area is 218 Å². The molecule has 0 radical (unpaired) electrons. The second-order valence-corrected chi connectivity index (χ2v) is 12.4. The summed E-state index contributed by atoms with van der Waals surface area (Å²) in [6.07, 6.45) is 8.16. The zero-order chi connectivity index (χ0) is 25.1. The van der Waals surface area contributed by atoms with Crippen molar-refractivity contribution in [3.63, 3.8) is 0 Å². The number of alkyl carbamates (subject to hydrolysis) is 1. The summed E-state index contributed by atoms with van der Waals surface area (Å²) in [6, 6.07) is 0. The molecule has 10 heteroatoms. The fourth-order valence-electron chi connectivity index (χ4n) is 4.32. The molecule has 4 heterocycles. The van der Waals surface area contributed by atoms with Gasteiger partial charge in [-0.15, -0.1) is 22.7 Å². The lowest BCUT2D eigenvalue weighted by atomic mass is 9.97. The lowest BCUT2D eigenvalue weighted by Gasteiger charge is -2.31. The van der Waals surface area contributed by atoms with Crippen LogP contribution in [-0.2, 0) is 17.8 Å². The highest BCUT2D eigenvalue weighted by Gasteiger charge is 2.22. The lowest BCUT2D eigenvalue weighted by Crippen LogP contribution is -2.40. The van der Waals surface area contributed by atoms with Gasteiger partial charge in [-0.1, -0.05) is 0 Å². The summed E-state index contributed by atoms with van der Waals surface area (Å²) in [6.45, 7) is 13.7. The third-order valence-electron chi connectivity index (χ3n) is 6.37. The highest BCUT2D eigenvalue weighted by atomic mass is 32.1. The number of likely N-dealkylation sites (tertiary alicyclic amines) is 2. The van der Waals surface area contributed by atoms with E-state index in [4.69, 9.17) is 10.5 Å². The van der Waals surface area contributed by atoms with E-state index in [1.807, 2.05) is 43.9 Å². The van der Waals surface area contributed by atoms with Crippen molar-refractivity contribution in [1.29, 1.82) is 0 Å². The Hall–Kier alpha value is -1.59. The molecule has 2 aromatic rings. The zero-order valence-corrected chi connectivity index (χ0v) is 23.1. The van der Waals surface area contributed by atoms with Gasteiger partial charge in [-0.05, 0) is 91.0 Å². The molecule has 2 aliphatic heterocycles. The first-order valence-corrected chi connectivity index (χ1v) is 14.4. The van der Waals surface area contributed by atoms with Gasteiger partial charge in [0, 0.05) is 29.7 Å². The van der Waals surface area contributed by atoms with E-state index in [9.17, 15) is 4.79 Å². The molecule has 196 valence electrons. The Balaban J connectivity index is 0.000000211. The average Bonchev–Trinajstić information content (AvgIpc) is 3.53. The van der Waals surface area contributed by atoms with E-state index in [-0.39, 0.29) is 6.09 Å². The lowest BCUT2D eigenvalue weighted by molar-refractivity contribution is 0.0509. The molecule has 0 bridgehead atoms. The topological polar surface area (TPSA) is 96.6 Å². The van der Waals surface area contributed by atoms with Crippen molar-refractivity contribution in [3.8, 4) is 0 Å². The van der Waals surface area contributed by atoms with Gasteiger partial charge in [0.25, 0.3) is 0 Å². The minimum Gasteiger partial charge on any atom is -0.444 e. The van der Waals surface area contributed by atoms with Gasteiger partial charge in [0.1, 0.15) is 15.6 Å². The fourth-order valence-corrected chi connectivity index (χ4v) is 5.63. The summed E-state index contributed by atoms with van der Waals surface area (Å²) < 4.78 is 5.25. The van der Waals surface area contributed by atoms with Crippen LogP contribution >= 0.6 is 22.7 Å². The summed E-state index contributed by atoms with van der Waals surface area (Å²) in [5, 5.41) is 9.36. The van der Waals surface area contributed by atoms with Crippen LogP contribution in [0.25, 0.3) is 0 Å². The van der Waals surface area contributed by atoms with Gasteiger partial charge in [0.2, 0.25) is 0 Å². The number of ether oxygens (including phenoxy) is 1. The number of carbonyl (C=O) groups excluding carboxylic acids is 1. The maximum absolute atomic E-state index is 11.6. The number of aromatic nitrogens is 2. The van der Waals surface area contributed by atoms with Crippen LogP contribution in [-0.4, -0.2) is 70.7 Å². The molecule has 4 rings (SSSR count). The quantitative estimate of drug-likeness (QED) is 0.563. The van der Waals surface area contributed by atoms with Gasteiger partial charge < -0.3 is 15.8 Å². The van der Waals surface area contributed by atoms with Crippen molar-refractivity contribution >= 4 is 28.8 Å². The van der Waals surface area contributed by atoms with E-state index in [1.165, 1.54) is 35.9 Å². The van der Waals surface area contributed by atoms with Gasteiger partial charge in [-0.2, -0.15) is 0 Å². The molecule has 0 aromatic carbocycles. The molecule has 35 heavy (non-hydrogen) atoms. The maximum atomic E-state index is 11.6. The van der Waals surface area contributed by atoms with Gasteiger partial charge in [0.05, 0.1) is 13.1 Å². The van der Waals surface area contributed by atoms with Crippen LogP contribution in [0.15, 0.2) is 23.2 Å². The molecule has 3 N–H and O–H groups in total. The van der Waals surface area contributed by atoms with E-state index in [0.717, 1.165) is 51.5 Å². The summed E-state index contributed by atoms with van der Waals surface area (Å²) in [7, 11) is 0. The molecule has 0 aliphatic carbocycles. The molecule has 0 spiro atoms. The van der Waals surface area contributed by atoms with Gasteiger partial charge >= 0.3 is 6.09 Å². The van der Waals surface area contributed by atoms with Gasteiger partial charge in [-0.25, -0.2) is 14.8 Å². The Morgan fingerprint density at radius 2 is 1.46 bits per heavy atom. The highest BCUT2D eigenvalue weighted by molar-refractivity contribution is 7.09. The molecule has 2 aromatic heterocycles. The second-order valence-electron chi connectivity index (χ2n) is 10.4. The normalized spacial score (nSPS) is 18.6. The number of thiazole rings is 2. The van der Waals surface area contributed by atoms with Crippen LogP contribution in [0.3, 0.4) is 0 Å². The number of carbonyl (C=O) groups is 1. The number of hydrogen-bond acceptors (Lipinski definition) is 9. The smallest absolute Gasteiger partial charge is 0.407 e. The second kappa shape index (κ2) is 14.2. The van der Waals surface area contributed by atoms with E-state index in [2.05, 4.69) is 25.1 Å². The number of nitrogens with zero attached hydrogens (tertiary/aromatic N) is 4. The number of piperidine rings is 2. The number of nitrogens with one attached hydrogen (secondary N) is 1.